The van der Waals surface area contributed by atoms with Crippen LogP contribution >= 0.6 is 22.6 Å². The highest BCUT2D eigenvalue weighted by Gasteiger charge is 2.48. The molecule has 0 spiro atoms. The van der Waals surface area contributed by atoms with Crippen LogP contribution in [0.25, 0.3) is 5.57 Å². The Kier molecular flexibility index (Phi) is 14.0. The number of hydrogen-bond donors (Lipinski definition) is 1. The summed E-state index contributed by atoms with van der Waals surface area (Å²) in [5.41, 5.74) is 3.83. The van der Waals surface area contributed by atoms with Crippen LogP contribution in [-0.4, -0.2) is 26.6 Å². The van der Waals surface area contributed by atoms with Crippen molar-refractivity contribution in [1.82, 2.24) is 0 Å². The van der Waals surface area contributed by atoms with Gasteiger partial charge in [0.05, 0.1) is 0 Å². The molecule has 1 fully saturated rings. The van der Waals surface area contributed by atoms with E-state index in [9.17, 15) is 0 Å². The second kappa shape index (κ2) is 15.6. The lowest BCUT2D eigenvalue weighted by Crippen LogP contribution is -2.42. The highest BCUT2D eigenvalue weighted by molar-refractivity contribution is 14.1. The molecule has 1 aliphatic heterocycles. The molecule has 0 aromatic heterocycles. The van der Waals surface area contributed by atoms with Crippen LogP contribution in [0, 0.1) is 3.57 Å². The van der Waals surface area contributed by atoms with Crippen LogP contribution in [0.15, 0.2) is 78.0 Å². The Morgan fingerprint density at radius 3 is 1.84 bits per heavy atom. The molecule has 0 saturated carbocycles. The minimum atomic E-state index is -1.56. The van der Waals surface area contributed by atoms with E-state index >= 15 is 0 Å². The largest absolute Gasteiger partial charge is 0.412 e. The predicted molar refractivity (Wildman–Crippen MR) is 151 cm³/mol. The minimum Gasteiger partial charge on any atom is -0.412 e. The number of allylic oxidation sites excluding steroid dienone is 2. The molecular weight excluding hydrogens is 523 g/mol. The maximum atomic E-state index is 8.79. The topological polar surface area (TPSA) is 29.5 Å². The molecule has 1 heterocycles. The van der Waals surface area contributed by atoms with Crippen molar-refractivity contribution in [2.24, 2.45) is 0 Å². The van der Waals surface area contributed by atoms with Gasteiger partial charge in [-0.15, -0.1) is 0 Å². The predicted octanol–water partition coefficient (Wildman–Crippen LogP) is 8.42. The maximum Gasteiger partial charge on any atom is 0.225 e. The molecule has 0 radical (unpaired) electrons. The Labute approximate surface area is 211 Å². The van der Waals surface area contributed by atoms with Crippen LogP contribution in [0.1, 0.15) is 59.9 Å². The van der Waals surface area contributed by atoms with E-state index in [0.29, 0.717) is 11.1 Å². The lowest BCUT2D eigenvalue weighted by molar-refractivity contribution is 0.305. The molecule has 2 nitrogen and oxygen atoms in total. The van der Waals surface area contributed by atoms with Gasteiger partial charge in [-0.25, -0.2) is 0 Å². The Balaban J connectivity index is 0.000000250. The highest BCUT2D eigenvalue weighted by Crippen LogP contribution is 2.44. The molecule has 4 heteroatoms. The SMILES string of the molecule is C/C=C(\CCO)c1ccccc1.C/C=C1\CCO[Si]1(C(C)C)C(C)C.Ic1ccccc1. The van der Waals surface area contributed by atoms with Crippen molar-refractivity contribution in [3.63, 3.8) is 0 Å². The first-order valence-corrected chi connectivity index (χ1v) is 14.8. The summed E-state index contributed by atoms with van der Waals surface area (Å²) in [4.78, 5) is 0. The molecule has 1 aliphatic rings. The van der Waals surface area contributed by atoms with Crippen molar-refractivity contribution in [3.8, 4) is 0 Å². The summed E-state index contributed by atoms with van der Waals surface area (Å²) in [5.74, 6) is 0. The number of benzene rings is 2. The second-order valence-electron chi connectivity index (χ2n) is 8.46. The molecule has 32 heavy (non-hydrogen) atoms. The first-order chi connectivity index (χ1) is 15.3. The Bertz CT molecular complexity index is 806. The van der Waals surface area contributed by atoms with E-state index in [1.165, 1.54) is 21.1 Å². The smallest absolute Gasteiger partial charge is 0.225 e. The summed E-state index contributed by atoms with van der Waals surface area (Å²) in [7, 11) is -1.56. The van der Waals surface area contributed by atoms with Gasteiger partial charge in [0.2, 0.25) is 8.32 Å². The van der Waals surface area contributed by atoms with Crippen molar-refractivity contribution in [3.05, 3.63) is 87.1 Å². The Morgan fingerprint density at radius 1 is 0.969 bits per heavy atom. The van der Waals surface area contributed by atoms with Gasteiger partial charge in [-0.2, -0.15) is 0 Å². The van der Waals surface area contributed by atoms with E-state index < -0.39 is 8.32 Å². The highest BCUT2D eigenvalue weighted by atomic mass is 127. The van der Waals surface area contributed by atoms with Crippen LogP contribution in [0.4, 0.5) is 0 Å². The van der Waals surface area contributed by atoms with Gasteiger partial charge in [-0.05, 0) is 83.6 Å². The van der Waals surface area contributed by atoms with Gasteiger partial charge in [-0.1, -0.05) is 93.6 Å². The van der Waals surface area contributed by atoms with Gasteiger partial charge in [0.25, 0.3) is 0 Å². The van der Waals surface area contributed by atoms with Gasteiger partial charge in [-0.3, -0.25) is 0 Å². The van der Waals surface area contributed by atoms with Crippen molar-refractivity contribution >= 4 is 36.5 Å². The molecule has 1 saturated heterocycles. The zero-order valence-corrected chi connectivity index (χ0v) is 23.8. The summed E-state index contributed by atoms with van der Waals surface area (Å²) >= 11 is 2.28. The number of rotatable bonds is 5. The molecule has 1 N–H and O–H groups in total. The first-order valence-electron chi connectivity index (χ1n) is 11.6. The molecule has 3 rings (SSSR count). The van der Waals surface area contributed by atoms with E-state index in [0.717, 1.165) is 13.0 Å². The third-order valence-electron chi connectivity index (χ3n) is 5.89. The lowest BCUT2D eigenvalue weighted by Gasteiger charge is -2.35. The summed E-state index contributed by atoms with van der Waals surface area (Å²) in [6.45, 7) is 14.6. The Morgan fingerprint density at radius 2 is 1.50 bits per heavy atom. The number of aliphatic hydroxyl groups excluding tert-OH is 1. The molecule has 0 aliphatic carbocycles. The van der Waals surface area contributed by atoms with Crippen LogP contribution in [0.5, 0.6) is 0 Å². The van der Waals surface area contributed by atoms with Gasteiger partial charge >= 0.3 is 0 Å². The van der Waals surface area contributed by atoms with Crippen LogP contribution < -0.4 is 0 Å². The van der Waals surface area contributed by atoms with E-state index in [1.807, 2.05) is 49.4 Å². The Hall–Kier alpha value is -1.21. The van der Waals surface area contributed by atoms with Gasteiger partial charge < -0.3 is 9.53 Å². The molecule has 176 valence electrons. The standard InChI is InChI=1S/C11H22OSi.C11H14O.C6H5I/c1-6-11-7-8-12-13(11,9(2)3)10(4)5;1-2-10(8-9-12)11-6-4-3-5-7-11;7-6-4-2-1-3-5-6/h6,9-10H,7-8H2,1-5H3;2-7,12H,8-9H2,1H3;1-5H/b11-6+;10-2+;. The van der Waals surface area contributed by atoms with Crippen LogP contribution in [-0.2, 0) is 4.43 Å². The van der Waals surface area contributed by atoms with Crippen molar-refractivity contribution in [1.29, 1.82) is 0 Å². The maximum absolute atomic E-state index is 8.79. The fourth-order valence-corrected chi connectivity index (χ4v) is 9.84. The molecular formula is C28H41IO2Si. The summed E-state index contributed by atoms with van der Waals surface area (Å²) in [6, 6.07) is 20.4. The molecule has 2 aromatic rings. The average Bonchev–Trinajstić information content (AvgIpc) is 3.25. The van der Waals surface area contributed by atoms with Crippen molar-refractivity contribution < 1.29 is 9.53 Å². The number of aliphatic hydroxyl groups is 1. The monoisotopic (exact) mass is 564 g/mol. The van der Waals surface area contributed by atoms with E-state index in [-0.39, 0.29) is 6.61 Å². The third kappa shape index (κ3) is 8.62. The minimum absolute atomic E-state index is 0.217. The number of hydrogen-bond acceptors (Lipinski definition) is 2. The third-order valence-corrected chi connectivity index (χ3v) is 12.3. The quantitative estimate of drug-likeness (QED) is 0.292. The lowest BCUT2D eigenvalue weighted by atomic mass is 10.0. The van der Waals surface area contributed by atoms with E-state index in [1.54, 1.807) is 5.20 Å². The van der Waals surface area contributed by atoms with Crippen molar-refractivity contribution in [2.75, 3.05) is 13.2 Å². The molecule has 0 atom stereocenters. The van der Waals surface area contributed by atoms with E-state index in [4.69, 9.17) is 9.53 Å². The first kappa shape index (κ1) is 28.8. The molecule has 0 amide bonds. The van der Waals surface area contributed by atoms with E-state index in [2.05, 4.69) is 87.6 Å². The summed E-state index contributed by atoms with van der Waals surface area (Å²) in [6.07, 6.45) is 6.27. The zero-order chi connectivity index (χ0) is 24.0. The van der Waals surface area contributed by atoms with Gasteiger partial charge in [0, 0.05) is 16.8 Å². The normalized spacial score (nSPS) is 16.4. The van der Waals surface area contributed by atoms with Crippen molar-refractivity contribution in [2.45, 2.75) is 65.5 Å². The van der Waals surface area contributed by atoms with Crippen LogP contribution in [0.3, 0.4) is 0 Å². The molecule has 0 bridgehead atoms. The number of halogens is 1. The second-order valence-corrected chi connectivity index (χ2v) is 14.5. The zero-order valence-electron chi connectivity index (χ0n) is 20.6. The van der Waals surface area contributed by atoms with Crippen LogP contribution in [0.2, 0.25) is 11.1 Å². The summed E-state index contributed by atoms with van der Waals surface area (Å²) < 4.78 is 7.43. The average molecular weight is 565 g/mol. The van der Waals surface area contributed by atoms with Gasteiger partial charge in [0.1, 0.15) is 0 Å². The molecule has 0 unspecified atom stereocenters. The fourth-order valence-electron chi connectivity index (χ4n) is 4.37. The molecule has 2 aromatic carbocycles. The van der Waals surface area contributed by atoms with Gasteiger partial charge in [0.15, 0.2) is 0 Å². The summed E-state index contributed by atoms with van der Waals surface area (Å²) in [5, 5.41) is 10.4. The fraction of sp³-hybridized carbons (Fsp3) is 0.429.